The van der Waals surface area contributed by atoms with Crippen LogP contribution in [0.5, 0.6) is 0 Å². The smallest absolute Gasteiger partial charge is 0.324 e. The van der Waals surface area contributed by atoms with Gasteiger partial charge in [-0.3, -0.25) is 14.3 Å². The van der Waals surface area contributed by atoms with Crippen LogP contribution >= 0.6 is 11.8 Å². The molecule has 27 heavy (non-hydrogen) atoms. The van der Waals surface area contributed by atoms with Crippen LogP contribution in [0, 0.1) is 0 Å². The highest BCUT2D eigenvalue weighted by Gasteiger charge is 2.31. The van der Waals surface area contributed by atoms with Crippen LogP contribution in [0.2, 0.25) is 0 Å². The highest BCUT2D eigenvalue weighted by atomic mass is 32.2. The third-order valence-corrected chi connectivity index (χ3v) is 5.17. The van der Waals surface area contributed by atoms with E-state index in [1.165, 1.54) is 16.7 Å². The summed E-state index contributed by atoms with van der Waals surface area (Å²) in [7, 11) is 0. The van der Waals surface area contributed by atoms with Crippen molar-refractivity contribution in [2.24, 2.45) is 0 Å². The number of benzene rings is 1. The number of carbonyl (C=O) groups excluding carboxylic acids is 2. The van der Waals surface area contributed by atoms with Gasteiger partial charge >= 0.3 is 6.03 Å². The lowest BCUT2D eigenvalue weighted by Crippen LogP contribution is -2.39. The summed E-state index contributed by atoms with van der Waals surface area (Å²) in [6, 6.07) is 12.8. The Labute approximate surface area is 159 Å². The summed E-state index contributed by atoms with van der Waals surface area (Å²) in [6.07, 6.45) is 1.57. The second-order valence-corrected chi connectivity index (χ2v) is 7.24. The number of thioether (sulfide) groups is 1. The first-order chi connectivity index (χ1) is 13.1. The van der Waals surface area contributed by atoms with E-state index in [0.29, 0.717) is 29.8 Å². The molecule has 138 valence electrons. The molecule has 0 aliphatic carbocycles. The molecule has 1 aliphatic heterocycles. The van der Waals surface area contributed by atoms with E-state index in [1.807, 2.05) is 34.9 Å². The van der Waals surface area contributed by atoms with Crippen molar-refractivity contribution in [3.8, 4) is 17.3 Å². The molecule has 1 unspecified atom stereocenters. The van der Waals surface area contributed by atoms with E-state index in [-0.39, 0.29) is 11.9 Å². The Morgan fingerprint density at radius 3 is 2.70 bits per heavy atom. The van der Waals surface area contributed by atoms with E-state index in [0.717, 1.165) is 5.69 Å². The Balaban J connectivity index is 1.67. The van der Waals surface area contributed by atoms with E-state index in [1.54, 1.807) is 25.3 Å². The van der Waals surface area contributed by atoms with Crippen molar-refractivity contribution in [2.75, 3.05) is 13.1 Å². The number of nitrogens with zero attached hydrogens (tertiary/aromatic N) is 4. The average molecular weight is 383 g/mol. The Morgan fingerprint density at radius 1 is 1.22 bits per heavy atom. The summed E-state index contributed by atoms with van der Waals surface area (Å²) in [5.41, 5.74) is 0.856. The zero-order chi connectivity index (χ0) is 18.8. The van der Waals surface area contributed by atoms with Crippen LogP contribution in [0.3, 0.4) is 0 Å². The third kappa shape index (κ3) is 3.33. The first-order valence-corrected chi connectivity index (χ1v) is 9.33. The second kappa shape index (κ2) is 7.28. The Kier molecular flexibility index (Phi) is 4.68. The molecule has 8 nitrogen and oxygen atoms in total. The molecule has 0 radical (unpaired) electrons. The van der Waals surface area contributed by atoms with Crippen molar-refractivity contribution >= 4 is 23.7 Å². The van der Waals surface area contributed by atoms with Crippen molar-refractivity contribution < 1.29 is 14.0 Å². The maximum atomic E-state index is 12.6. The zero-order valence-corrected chi connectivity index (χ0v) is 15.3. The summed E-state index contributed by atoms with van der Waals surface area (Å²) < 4.78 is 7.33. The van der Waals surface area contributed by atoms with E-state index in [2.05, 4.69) is 15.5 Å². The first kappa shape index (κ1) is 17.3. The number of nitrogens with one attached hydrogen (secondary N) is 1. The van der Waals surface area contributed by atoms with Gasteiger partial charge in [-0.2, -0.15) is 0 Å². The quantitative estimate of drug-likeness (QED) is 0.681. The van der Waals surface area contributed by atoms with Crippen LogP contribution < -0.4 is 5.32 Å². The van der Waals surface area contributed by atoms with Crippen molar-refractivity contribution in [2.45, 2.75) is 17.3 Å². The highest BCUT2D eigenvalue weighted by Crippen LogP contribution is 2.31. The minimum atomic E-state index is -0.495. The molecule has 1 N–H and O–H groups in total. The maximum absolute atomic E-state index is 12.6. The molecule has 3 amide bonds. The number of furan rings is 1. The molecule has 0 saturated carbocycles. The molecule has 4 rings (SSSR count). The maximum Gasteiger partial charge on any atom is 0.324 e. The lowest BCUT2D eigenvalue weighted by Gasteiger charge is -2.17. The third-order valence-electron chi connectivity index (χ3n) is 4.14. The van der Waals surface area contributed by atoms with Gasteiger partial charge < -0.3 is 9.73 Å². The van der Waals surface area contributed by atoms with Gasteiger partial charge in [-0.05, 0) is 31.2 Å². The predicted octanol–water partition coefficient (Wildman–Crippen LogP) is 2.56. The van der Waals surface area contributed by atoms with Gasteiger partial charge in [0, 0.05) is 18.8 Å². The van der Waals surface area contributed by atoms with Gasteiger partial charge in [-0.1, -0.05) is 30.0 Å². The van der Waals surface area contributed by atoms with Gasteiger partial charge in [0.25, 0.3) is 0 Å². The lowest BCUT2D eigenvalue weighted by atomic mass is 10.3. The molecule has 2 aromatic heterocycles. The molecule has 1 atom stereocenters. The number of urea groups is 1. The largest absolute Gasteiger partial charge is 0.461 e. The molecule has 3 aromatic rings. The molecule has 9 heteroatoms. The Bertz CT molecular complexity index is 955. The van der Waals surface area contributed by atoms with Crippen molar-refractivity contribution in [3.05, 3.63) is 48.7 Å². The Hall–Kier alpha value is -3.07. The zero-order valence-electron chi connectivity index (χ0n) is 14.5. The summed E-state index contributed by atoms with van der Waals surface area (Å²) >= 11 is 1.26. The monoisotopic (exact) mass is 383 g/mol. The molecular weight excluding hydrogens is 366 g/mol. The minimum Gasteiger partial charge on any atom is -0.461 e. The van der Waals surface area contributed by atoms with Gasteiger partial charge in [0.15, 0.2) is 10.9 Å². The van der Waals surface area contributed by atoms with Crippen molar-refractivity contribution in [1.29, 1.82) is 0 Å². The van der Waals surface area contributed by atoms with Gasteiger partial charge in [0.05, 0.1) is 11.5 Å². The highest BCUT2D eigenvalue weighted by molar-refractivity contribution is 8.00. The molecule has 0 spiro atoms. The summed E-state index contributed by atoms with van der Waals surface area (Å²) in [4.78, 5) is 25.6. The molecular formula is C18H17N5O3S. The van der Waals surface area contributed by atoms with E-state index >= 15 is 0 Å². The summed E-state index contributed by atoms with van der Waals surface area (Å²) in [5.74, 6) is 0.875. The molecule has 1 fully saturated rings. The predicted molar refractivity (Wildman–Crippen MR) is 99.5 cm³/mol. The Morgan fingerprint density at radius 2 is 2.04 bits per heavy atom. The van der Waals surface area contributed by atoms with Crippen LogP contribution in [0.4, 0.5) is 4.79 Å². The number of rotatable bonds is 5. The molecule has 0 bridgehead atoms. The second-order valence-electron chi connectivity index (χ2n) is 5.94. The summed E-state index contributed by atoms with van der Waals surface area (Å²) in [5, 5.41) is 11.2. The lowest BCUT2D eigenvalue weighted by molar-refractivity contribution is -0.126. The van der Waals surface area contributed by atoms with Crippen LogP contribution in [-0.4, -0.2) is 49.9 Å². The van der Waals surface area contributed by atoms with E-state index in [4.69, 9.17) is 4.42 Å². The van der Waals surface area contributed by atoms with E-state index < -0.39 is 5.25 Å². The molecule has 1 aromatic carbocycles. The number of hydrogen-bond acceptors (Lipinski definition) is 6. The number of aromatic nitrogens is 3. The number of amides is 3. The fourth-order valence-electron chi connectivity index (χ4n) is 2.83. The number of hydrogen-bond donors (Lipinski definition) is 1. The van der Waals surface area contributed by atoms with Crippen molar-refractivity contribution in [3.63, 3.8) is 0 Å². The summed E-state index contributed by atoms with van der Waals surface area (Å²) in [6.45, 7) is 2.62. The topological polar surface area (TPSA) is 93.3 Å². The molecule has 3 heterocycles. The SMILES string of the molecule is CC(Sc1nnc(-c2ccco2)n1-c1ccccc1)C(=O)N1CCNC1=O. The van der Waals surface area contributed by atoms with Crippen LogP contribution in [0.1, 0.15) is 6.92 Å². The van der Waals surface area contributed by atoms with E-state index in [9.17, 15) is 9.59 Å². The van der Waals surface area contributed by atoms with Gasteiger partial charge in [0.2, 0.25) is 11.7 Å². The molecule has 1 aliphatic rings. The average Bonchev–Trinajstić information content (AvgIpc) is 3.42. The van der Waals surface area contributed by atoms with Gasteiger partial charge in [-0.15, -0.1) is 10.2 Å². The van der Waals surface area contributed by atoms with Crippen LogP contribution in [-0.2, 0) is 4.79 Å². The fourth-order valence-corrected chi connectivity index (χ4v) is 3.76. The minimum absolute atomic E-state index is 0.253. The first-order valence-electron chi connectivity index (χ1n) is 8.45. The fraction of sp³-hybridized carbons (Fsp3) is 0.222. The number of carbonyl (C=O) groups is 2. The standard InChI is InChI=1S/C18H17N5O3S/c1-12(16(24)22-10-9-19-17(22)25)27-18-21-20-15(14-8-5-11-26-14)23(18)13-6-3-2-4-7-13/h2-8,11-12H,9-10H2,1H3,(H,19,25). The molecule has 1 saturated heterocycles. The number of para-hydroxylation sites is 1. The van der Waals surface area contributed by atoms with Crippen LogP contribution in [0.25, 0.3) is 17.3 Å². The van der Waals surface area contributed by atoms with Crippen LogP contribution in [0.15, 0.2) is 58.3 Å². The normalized spacial score (nSPS) is 15.0. The van der Waals surface area contributed by atoms with Gasteiger partial charge in [-0.25, -0.2) is 4.79 Å². The van der Waals surface area contributed by atoms with Gasteiger partial charge in [0.1, 0.15) is 0 Å². The van der Waals surface area contributed by atoms with Crippen molar-refractivity contribution in [1.82, 2.24) is 25.0 Å². The number of imide groups is 1.